The topological polar surface area (TPSA) is 93.1 Å². The summed E-state index contributed by atoms with van der Waals surface area (Å²) in [5.74, 6) is 0.672. The zero-order chi connectivity index (χ0) is 22.7. The van der Waals surface area contributed by atoms with Crippen LogP contribution in [0.5, 0.6) is 0 Å². The monoisotopic (exact) mass is 430 g/mol. The number of pyridine rings is 2. The number of hydrogen-bond acceptors (Lipinski definition) is 6. The molecule has 0 spiro atoms. The molecule has 7 heteroatoms. The third-order valence-corrected chi connectivity index (χ3v) is 5.48. The van der Waals surface area contributed by atoms with Gasteiger partial charge >= 0.3 is 0 Å². The molecule has 7 nitrogen and oxygen atoms in total. The minimum Gasteiger partial charge on any atom is -0.390 e. The molecule has 1 unspecified atom stereocenters. The molecule has 0 fully saturated rings. The molecule has 3 N–H and O–H groups in total. The highest BCUT2D eigenvalue weighted by molar-refractivity contribution is 5.88. The third kappa shape index (κ3) is 4.55. The van der Waals surface area contributed by atoms with Gasteiger partial charge in [-0.1, -0.05) is 25.5 Å². The van der Waals surface area contributed by atoms with Gasteiger partial charge < -0.3 is 15.7 Å². The highest BCUT2D eigenvalue weighted by Gasteiger charge is 2.15. The fraction of sp³-hybridized carbons (Fsp3) is 0.320. The first-order valence-electron chi connectivity index (χ1n) is 11.0. The Morgan fingerprint density at radius 2 is 1.91 bits per heavy atom. The average Bonchev–Trinajstić information content (AvgIpc) is 3.23. The molecule has 0 saturated carbocycles. The van der Waals surface area contributed by atoms with Gasteiger partial charge in [-0.25, -0.2) is 9.67 Å². The second-order valence-electron chi connectivity index (χ2n) is 8.35. The van der Waals surface area contributed by atoms with Gasteiger partial charge in [0, 0.05) is 23.5 Å². The predicted molar refractivity (Wildman–Crippen MR) is 127 cm³/mol. The Bertz CT molecular complexity index is 1220. The molecule has 1 atom stereocenters. The number of rotatable bonds is 8. The van der Waals surface area contributed by atoms with Crippen molar-refractivity contribution in [3.63, 3.8) is 0 Å². The average molecular weight is 431 g/mol. The molecule has 0 aliphatic rings. The SMILES string of the molecule is CCCC(N)c1cccc(-c2cc(CN(C)C)c3cnn(-c4cccc(CO)n4)c3c2)n1. The van der Waals surface area contributed by atoms with E-state index in [2.05, 4.69) is 48.1 Å². The number of nitrogens with zero attached hydrogens (tertiary/aromatic N) is 5. The fourth-order valence-electron chi connectivity index (χ4n) is 3.95. The molecule has 0 bridgehead atoms. The number of hydrogen-bond donors (Lipinski definition) is 2. The van der Waals surface area contributed by atoms with Crippen LogP contribution in [-0.2, 0) is 13.2 Å². The maximum absolute atomic E-state index is 9.50. The Morgan fingerprint density at radius 1 is 1.09 bits per heavy atom. The normalized spacial score (nSPS) is 12.6. The lowest BCUT2D eigenvalue weighted by molar-refractivity contribution is 0.276. The number of aromatic nitrogens is 4. The zero-order valence-electron chi connectivity index (χ0n) is 18.9. The molecule has 1 aromatic carbocycles. The standard InChI is InChI=1S/C25H30N6O/c1-4-7-21(26)23-10-6-9-22(29-23)17-12-18(15-30(2)3)20-14-27-31(24(20)13-17)25-11-5-8-19(16-32)28-25/h5-6,8-14,21,32H,4,7,15-16,26H2,1-3H3. The highest BCUT2D eigenvalue weighted by atomic mass is 16.3. The van der Waals surface area contributed by atoms with Gasteiger partial charge in [0.25, 0.3) is 0 Å². The first-order chi connectivity index (χ1) is 15.5. The van der Waals surface area contributed by atoms with Crippen molar-refractivity contribution in [2.24, 2.45) is 5.73 Å². The van der Waals surface area contributed by atoms with E-state index in [1.165, 1.54) is 0 Å². The van der Waals surface area contributed by atoms with E-state index in [1.807, 2.05) is 41.2 Å². The maximum atomic E-state index is 9.50. The van der Waals surface area contributed by atoms with Crippen LogP contribution in [0.4, 0.5) is 0 Å². The first-order valence-corrected chi connectivity index (χ1v) is 11.0. The molecule has 4 rings (SSSR count). The summed E-state index contributed by atoms with van der Waals surface area (Å²) in [7, 11) is 4.11. The van der Waals surface area contributed by atoms with E-state index in [-0.39, 0.29) is 12.6 Å². The summed E-state index contributed by atoms with van der Waals surface area (Å²) in [6, 6.07) is 15.8. The smallest absolute Gasteiger partial charge is 0.154 e. The molecular weight excluding hydrogens is 400 g/mol. The first kappa shape index (κ1) is 22.1. The maximum Gasteiger partial charge on any atom is 0.154 e. The zero-order valence-corrected chi connectivity index (χ0v) is 18.9. The third-order valence-electron chi connectivity index (χ3n) is 5.48. The summed E-state index contributed by atoms with van der Waals surface area (Å²) in [4.78, 5) is 11.6. The van der Waals surface area contributed by atoms with Crippen LogP contribution < -0.4 is 5.73 Å². The van der Waals surface area contributed by atoms with Crippen molar-refractivity contribution in [1.82, 2.24) is 24.6 Å². The fourth-order valence-corrected chi connectivity index (χ4v) is 3.95. The van der Waals surface area contributed by atoms with Crippen LogP contribution in [0.25, 0.3) is 28.0 Å². The largest absolute Gasteiger partial charge is 0.390 e. The summed E-state index contributed by atoms with van der Waals surface area (Å²) in [6.45, 7) is 2.79. The minimum atomic E-state index is -0.112. The van der Waals surface area contributed by atoms with Crippen LogP contribution in [0.1, 0.15) is 42.8 Å². The minimum absolute atomic E-state index is 0.0686. The van der Waals surface area contributed by atoms with Gasteiger partial charge in [-0.15, -0.1) is 0 Å². The number of fused-ring (bicyclic) bond motifs is 1. The van der Waals surface area contributed by atoms with Crippen LogP contribution in [0.2, 0.25) is 0 Å². The van der Waals surface area contributed by atoms with Crippen molar-refractivity contribution in [2.45, 2.75) is 39.0 Å². The summed E-state index contributed by atoms with van der Waals surface area (Å²) in [5.41, 5.74) is 11.9. The lowest BCUT2D eigenvalue weighted by Gasteiger charge is -2.15. The van der Waals surface area contributed by atoms with Gasteiger partial charge in [0.2, 0.25) is 0 Å². The molecular formula is C25H30N6O. The van der Waals surface area contributed by atoms with Gasteiger partial charge in [-0.3, -0.25) is 4.98 Å². The Hall–Kier alpha value is -3.13. The van der Waals surface area contributed by atoms with Crippen molar-refractivity contribution < 1.29 is 5.11 Å². The quantitative estimate of drug-likeness (QED) is 0.441. The number of aliphatic hydroxyl groups excluding tert-OH is 1. The second-order valence-corrected chi connectivity index (χ2v) is 8.35. The van der Waals surface area contributed by atoms with Crippen LogP contribution in [-0.4, -0.2) is 43.9 Å². The molecule has 166 valence electrons. The summed E-state index contributed by atoms with van der Waals surface area (Å²) < 4.78 is 1.82. The van der Waals surface area contributed by atoms with Crippen molar-refractivity contribution in [3.05, 3.63) is 71.7 Å². The summed E-state index contributed by atoms with van der Waals surface area (Å²) in [5, 5.41) is 15.2. The Balaban J connectivity index is 1.87. The Morgan fingerprint density at radius 3 is 2.66 bits per heavy atom. The van der Waals surface area contributed by atoms with Gasteiger partial charge in [0.1, 0.15) is 0 Å². The van der Waals surface area contributed by atoms with E-state index in [0.29, 0.717) is 11.5 Å². The predicted octanol–water partition coefficient (Wildman–Crippen LogP) is 3.84. The summed E-state index contributed by atoms with van der Waals surface area (Å²) >= 11 is 0. The van der Waals surface area contributed by atoms with E-state index in [4.69, 9.17) is 10.7 Å². The Kier molecular flexibility index (Phi) is 6.60. The number of aliphatic hydroxyl groups is 1. The second kappa shape index (κ2) is 9.56. The molecule has 0 aliphatic carbocycles. The van der Waals surface area contributed by atoms with Crippen LogP contribution >= 0.6 is 0 Å². The molecule has 32 heavy (non-hydrogen) atoms. The van der Waals surface area contributed by atoms with E-state index in [0.717, 1.165) is 52.8 Å². The number of benzene rings is 1. The van der Waals surface area contributed by atoms with Crippen molar-refractivity contribution in [3.8, 4) is 17.1 Å². The molecule has 0 amide bonds. The molecule has 4 aromatic rings. The van der Waals surface area contributed by atoms with Crippen LogP contribution in [0, 0.1) is 0 Å². The van der Waals surface area contributed by atoms with E-state index in [9.17, 15) is 5.11 Å². The van der Waals surface area contributed by atoms with E-state index < -0.39 is 0 Å². The van der Waals surface area contributed by atoms with Crippen molar-refractivity contribution in [1.29, 1.82) is 0 Å². The van der Waals surface area contributed by atoms with Gasteiger partial charge in [-0.05, 0) is 62.5 Å². The molecule has 0 aliphatic heterocycles. The van der Waals surface area contributed by atoms with Crippen LogP contribution in [0.15, 0.2) is 54.7 Å². The van der Waals surface area contributed by atoms with E-state index in [1.54, 1.807) is 6.07 Å². The van der Waals surface area contributed by atoms with Crippen LogP contribution in [0.3, 0.4) is 0 Å². The molecule has 0 radical (unpaired) electrons. The van der Waals surface area contributed by atoms with Crippen molar-refractivity contribution >= 4 is 10.9 Å². The summed E-state index contributed by atoms with van der Waals surface area (Å²) in [6.07, 6.45) is 3.80. The molecule has 3 aromatic heterocycles. The van der Waals surface area contributed by atoms with Gasteiger partial charge in [-0.2, -0.15) is 5.10 Å². The van der Waals surface area contributed by atoms with Gasteiger partial charge in [0.05, 0.1) is 35.4 Å². The lowest BCUT2D eigenvalue weighted by atomic mass is 10.0. The molecule has 0 saturated heterocycles. The van der Waals surface area contributed by atoms with Crippen molar-refractivity contribution in [2.75, 3.05) is 14.1 Å². The highest BCUT2D eigenvalue weighted by Crippen LogP contribution is 2.30. The van der Waals surface area contributed by atoms with Gasteiger partial charge in [0.15, 0.2) is 5.82 Å². The van der Waals surface area contributed by atoms with E-state index >= 15 is 0 Å². The number of nitrogens with two attached hydrogens (primary N) is 1. The molecule has 3 heterocycles. The Labute approximate surface area is 188 Å². The lowest BCUT2D eigenvalue weighted by Crippen LogP contribution is -2.12.